The summed E-state index contributed by atoms with van der Waals surface area (Å²) in [5, 5.41) is 21.9. The van der Waals surface area contributed by atoms with Crippen molar-refractivity contribution in [1.82, 2.24) is 20.2 Å². The molecule has 29 heavy (non-hydrogen) atoms. The summed E-state index contributed by atoms with van der Waals surface area (Å²) in [7, 11) is 3.67. The van der Waals surface area contributed by atoms with Gasteiger partial charge in [-0.25, -0.2) is 0 Å². The second kappa shape index (κ2) is 7.48. The van der Waals surface area contributed by atoms with E-state index in [0.29, 0.717) is 11.6 Å². The highest BCUT2D eigenvalue weighted by atomic mass is 79.9. The summed E-state index contributed by atoms with van der Waals surface area (Å²) in [5.74, 6) is 0.569. The van der Waals surface area contributed by atoms with E-state index in [1.165, 1.54) is 4.80 Å². The van der Waals surface area contributed by atoms with E-state index in [-0.39, 0.29) is 17.9 Å². The molecule has 3 aromatic rings. The highest BCUT2D eigenvalue weighted by Gasteiger charge is 2.31. The van der Waals surface area contributed by atoms with Crippen molar-refractivity contribution < 1.29 is 4.79 Å². The average Bonchev–Trinajstić information content (AvgIpc) is 3.28. The Hall–Kier alpha value is -3.51. The first-order valence-corrected chi connectivity index (χ1v) is 9.56. The number of carbonyl (C=O) groups is 1. The lowest BCUT2D eigenvalue weighted by molar-refractivity contribution is -0.116. The van der Waals surface area contributed by atoms with Gasteiger partial charge in [0.1, 0.15) is 24.0 Å². The third-order valence-corrected chi connectivity index (χ3v) is 5.22. The predicted molar refractivity (Wildman–Crippen MR) is 112 cm³/mol. The van der Waals surface area contributed by atoms with Gasteiger partial charge in [-0.2, -0.15) is 10.1 Å². The predicted octanol–water partition coefficient (Wildman–Crippen LogP) is 2.99. The number of aromatic nitrogens is 4. The van der Waals surface area contributed by atoms with Crippen molar-refractivity contribution in [2.24, 2.45) is 0 Å². The topological polar surface area (TPSA) is 90.9 Å². The zero-order valence-corrected chi connectivity index (χ0v) is 17.3. The Morgan fingerprint density at radius 2 is 1.69 bits per heavy atom. The van der Waals surface area contributed by atoms with E-state index >= 15 is 0 Å². The first kappa shape index (κ1) is 18.8. The van der Waals surface area contributed by atoms with E-state index in [0.717, 1.165) is 21.4 Å². The zero-order chi connectivity index (χ0) is 20.5. The molecule has 2 aromatic carbocycles. The molecule has 0 aliphatic carbocycles. The number of benzene rings is 2. The Balaban J connectivity index is 1.61. The molecule has 0 saturated carbocycles. The van der Waals surface area contributed by atoms with Crippen LogP contribution >= 0.6 is 15.9 Å². The molecule has 0 spiro atoms. The number of Topliss-reactive ketones (excluding diaryl/α,β-unsaturated/α-hetero) is 1. The number of allylic oxidation sites excluding steroid dienone is 1. The van der Waals surface area contributed by atoms with Crippen molar-refractivity contribution in [3.05, 3.63) is 64.4 Å². The first-order valence-electron chi connectivity index (χ1n) is 8.77. The minimum atomic E-state index is -0.381. The van der Waals surface area contributed by atoms with Gasteiger partial charge in [0.25, 0.3) is 0 Å². The van der Waals surface area contributed by atoms with Gasteiger partial charge in [0.05, 0.1) is 11.4 Å². The van der Waals surface area contributed by atoms with Gasteiger partial charge in [0, 0.05) is 24.1 Å². The number of halogens is 1. The van der Waals surface area contributed by atoms with Crippen LogP contribution in [-0.2, 0) is 11.3 Å². The van der Waals surface area contributed by atoms with Crippen molar-refractivity contribution in [2.45, 2.75) is 6.54 Å². The molecule has 9 heteroatoms. The highest BCUT2D eigenvalue weighted by molar-refractivity contribution is 9.10. The summed E-state index contributed by atoms with van der Waals surface area (Å²) in [6.07, 6.45) is 0. The average molecular weight is 450 g/mol. The SMILES string of the molecule is CN1C(=C(C#N)C(=O)Cn2nnc(-c3ccc(Br)cc3)n2)N(C)c2ccccc21. The Morgan fingerprint density at radius 3 is 2.28 bits per heavy atom. The maximum atomic E-state index is 12.9. The number of hydrogen-bond acceptors (Lipinski definition) is 7. The van der Waals surface area contributed by atoms with Crippen molar-refractivity contribution in [1.29, 1.82) is 5.26 Å². The first-order chi connectivity index (χ1) is 14.0. The minimum absolute atomic E-state index is 0.0497. The molecule has 0 bridgehead atoms. The zero-order valence-electron chi connectivity index (χ0n) is 15.7. The van der Waals surface area contributed by atoms with Crippen molar-refractivity contribution in [3.8, 4) is 17.5 Å². The third kappa shape index (κ3) is 3.39. The number of rotatable bonds is 4. The van der Waals surface area contributed by atoms with E-state index in [9.17, 15) is 10.1 Å². The molecule has 0 radical (unpaired) electrons. The molecule has 0 N–H and O–H groups in total. The van der Waals surface area contributed by atoms with Gasteiger partial charge in [-0.1, -0.05) is 28.1 Å². The van der Waals surface area contributed by atoms with Crippen LogP contribution in [0.15, 0.2) is 64.4 Å². The lowest BCUT2D eigenvalue weighted by Gasteiger charge is -2.19. The molecule has 0 amide bonds. The van der Waals surface area contributed by atoms with Crippen LogP contribution in [0.2, 0.25) is 0 Å². The van der Waals surface area contributed by atoms with Crippen LogP contribution < -0.4 is 9.80 Å². The summed E-state index contributed by atoms with van der Waals surface area (Å²) in [6, 6.07) is 17.3. The van der Waals surface area contributed by atoms with Crippen LogP contribution in [0.25, 0.3) is 11.4 Å². The van der Waals surface area contributed by atoms with Gasteiger partial charge in [0.15, 0.2) is 5.78 Å². The van der Waals surface area contributed by atoms with Gasteiger partial charge in [-0.3, -0.25) is 4.79 Å². The Bertz CT molecular complexity index is 1130. The van der Waals surface area contributed by atoms with Gasteiger partial charge in [-0.15, -0.1) is 10.2 Å². The quantitative estimate of drug-likeness (QED) is 0.446. The van der Waals surface area contributed by atoms with Gasteiger partial charge in [0.2, 0.25) is 5.82 Å². The molecule has 4 rings (SSSR count). The van der Waals surface area contributed by atoms with Gasteiger partial charge >= 0.3 is 0 Å². The van der Waals surface area contributed by atoms with Crippen LogP contribution in [0, 0.1) is 11.3 Å². The molecule has 0 atom stereocenters. The van der Waals surface area contributed by atoms with Crippen LogP contribution in [0.4, 0.5) is 11.4 Å². The monoisotopic (exact) mass is 449 g/mol. The van der Waals surface area contributed by atoms with E-state index < -0.39 is 0 Å². The standard InChI is InChI=1S/C20H16BrN7O/c1-26-16-5-3-4-6-17(16)27(2)20(26)15(11-22)18(29)12-28-24-19(23-25-28)13-7-9-14(21)10-8-13/h3-10H,12H2,1-2H3. The molecule has 8 nitrogen and oxygen atoms in total. The third-order valence-electron chi connectivity index (χ3n) is 4.69. The molecular weight excluding hydrogens is 434 g/mol. The van der Waals surface area contributed by atoms with Gasteiger partial charge in [-0.05, 0) is 41.6 Å². The second-order valence-corrected chi connectivity index (χ2v) is 7.41. The molecule has 1 aliphatic rings. The Kier molecular flexibility index (Phi) is 4.86. The van der Waals surface area contributed by atoms with Crippen molar-refractivity contribution >= 4 is 33.1 Å². The van der Waals surface area contributed by atoms with E-state index in [1.807, 2.05) is 72.4 Å². The van der Waals surface area contributed by atoms with Crippen molar-refractivity contribution in [2.75, 3.05) is 23.9 Å². The van der Waals surface area contributed by atoms with E-state index in [4.69, 9.17) is 0 Å². The van der Waals surface area contributed by atoms with Crippen LogP contribution in [-0.4, -0.2) is 40.1 Å². The maximum Gasteiger partial charge on any atom is 0.204 e. The molecule has 0 saturated heterocycles. The van der Waals surface area contributed by atoms with Crippen LogP contribution in [0.1, 0.15) is 0 Å². The van der Waals surface area contributed by atoms with Crippen LogP contribution in [0.3, 0.4) is 0 Å². The fraction of sp³-hybridized carbons (Fsp3) is 0.150. The summed E-state index contributed by atoms with van der Waals surface area (Å²) in [5.41, 5.74) is 2.70. The summed E-state index contributed by atoms with van der Waals surface area (Å²) < 4.78 is 0.944. The summed E-state index contributed by atoms with van der Waals surface area (Å²) in [6.45, 7) is -0.173. The summed E-state index contributed by atoms with van der Waals surface area (Å²) >= 11 is 3.38. The molecule has 1 aliphatic heterocycles. The van der Waals surface area contributed by atoms with Crippen LogP contribution in [0.5, 0.6) is 0 Å². The second-order valence-electron chi connectivity index (χ2n) is 6.49. The minimum Gasteiger partial charge on any atom is -0.328 e. The molecule has 1 aromatic heterocycles. The molecule has 0 unspecified atom stereocenters. The normalized spacial score (nSPS) is 12.7. The largest absolute Gasteiger partial charge is 0.328 e. The Labute approximate surface area is 175 Å². The number of carbonyl (C=O) groups excluding carboxylic acids is 1. The highest BCUT2D eigenvalue weighted by Crippen LogP contribution is 2.40. The number of ketones is 1. The Morgan fingerprint density at radius 1 is 1.07 bits per heavy atom. The van der Waals surface area contributed by atoms with Crippen molar-refractivity contribution in [3.63, 3.8) is 0 Å². The summed E-state index contributed by atoms with van der Waals surface area (Å²) in [4.78, 5) is 17.8. The molecular formula is C20H16BrN7O. The number of anilines is 2. The molecule has 2 heterocycles. The number of nitriles is 1. The number of fused-ring (bicyclic) bond motifs is 1. The number of para-hydroxylation sites is 2. The lowest BCUT2D eigenvalue weighted by atomic mass is 10.1. The lowest BCUT2D eigenvalue weighted by Crippen LogP contribution is -2.27. The number of nitrogens with zero attached hydrogens (tertiary/aromatic N) is 7. The number of tetrazole rings is 1. The molecule has 144 valence electrons. The van der Waals surface area contributed by atoms with E-state index in [2.05, 4.69) is 37.4 Å². The number of hydrogen-bond donors (Lipinski definition) is 0. The smallest absolute Gasteiger partial charge is 0.204 e. The van der Waals surface area contributed by atoms with Gasteiger partial charge < -0.3 is 9.80 Å². The molecule has 0 fully saturated rings. The fourth-order valence-corrected chi connectivity index (χ4v) is 3.55. The maximum absolute atomic E-state index is 12.9. The fourth-order valence-electron chi connectivity index (χ4n) is 3.29. The van der Waals surface area contributed by atoms with E-state index in [1.54, 1.807) is 0 Å².